The summed E-state index contributed by atoms with van der Waals surface area (Å²) in [5, 5.41) is 0.377. The maximum Gasteiger partial charge on any atom is 0.254 e. The largest absolute Gasteiger partial charge is 0.339 e. The van der Waals surface area contributed by atoms with Gasteiger partial charge >= 0.3 is 0 Å². The number of halogens is 1. The van der Waals surface area contributed by atoms with Crippen LogP contribution in [0.2, 0.25) is 5.15 Å². The third-order valence-electron chi connectivity index (χ3n) is 3.57. The molecule has 1 aliphatic heterocycles. The van der Waals surface area contributed by atoms with Crippen LogP contribution in [0.1, 0.15) is 43.0 Å². The van der Waals surface area contributed by atoms with Gasteiger partial charge in [-0.15, -0.1) is 0 Å². The molecular weight excluding hydrogens is 248 g/mol. The third kappa shape index (κ3) is 3.22. The smallest absolute Gasteiger partial charge is 0.254 e. The van der Waals surface area contributed by atoms with Gasteiger partial charge in [0.2, 0.25) is 0 Å². The summed E-state index contributed by atoms with van der Waals surface area (Å²) < 4.78 is 0. The second kappa shape index (κ2) is 6.19. The van der Waals surface area contributed by atoms with Crippen molar-refractivity contribution in [1.82, 2.24) is 9.88 Å². The third-order valence-corrected chi connectivity index (χ3v) is 3.78. The Balaban J connectivity index is 1.95. The molecule has 3 nitrogen and oxygen atoms in total. The minimum absolute atomic E-state index is 0.0780. The topological polar surface area (TPSA) is 33.2 Å². The Morgan fingerprint density at radius 1 is 1.50 bits per heavy atom. The Hall–Kier alpha value is -1.09. The molecule has 1 aromatic rings. The van der Waals surface area contributed by atoms with E-state index in [0.717, 1.165) is 31.8 Å². The summed E-state index contributed by atoms with van der Waals surface area (Å²) in [4.78, 5) is 18.1. The summed E-state index contributed by atoms with van der Waals surface area (Å²) in [5.74, 6) is 0.870. The summed E-state index contributed by atoms with van der Waals surface area (Å²) in [6.45, 7) is 3.95. The zero-order valence-corrected chi connectivity index (χ0v) is 11.5. The van der Waals surface area contributed by atoms with Gasteiger partial charge in [0, 0.05) is 24.8 Å². The van der Waals surface area contributed by atoms with Crippen LogP contribution in [0, 0.1) is 5.92 Å². The number of pyridine rings is 1. The molecule has 18 heavy (non-hydrogen) atoms. The highest BCUT2D eigenvalue weighted by Gasteiger charge is 2.23. The van der Waals surface area contributed by atoms with Crippen molar-refractivity contribution >= 4 is 17.5 Å². The number of rotatable bonds is 3. The van der Waals surface area contributed by atoms with Crippen molar-refractivity contribution in [3.63, 3.8) is 0 Å². The first-order chi connectivity index (χ1) is 8.70. The standard InChI is InChI=1S/C14H19ClN2O/c1-2-3-11-5-8-17(9-6-11)14(18)12-4-7-16-13(15)10-12/h4,7,10-11H,2-3,5-6,8-9H2,1H3. The van der Waals surface area contributed by atoms with Crippen LogP contribution >= 0.6 is 11.6 Å². The van der Waals surface area contributed by atoms with E-state index in [0.29, 0.717) is 10.7 Å². The molecule has 1 aliphatic rings. The summed E-state index contributed by atoms with van der Waals surface area (Å²) in [5.41, 5.74) is 0.643. The van der Waals surface area contributed by atoms with Crippen LogP contribution in [0.3, 0.4) is 0 Å². The summed E-state index contributed by atoms with van der Waals surface area (Å²) >= 11 is 5.81. The molecule has 1 aromatic heterocycles. The van der Waals surface area contributed by atoms with E-state index >= 15 is 0 Å². The molecule has 1 amide bonds. The van der Waals surface area contributed by atoms with Gasteiger partial charge in [0.15, 0.2) is 0 Å². The lowest BCUT2D eigenvalue weighted by molar-refractivity contribution is 0.0686. The number of hydrogen-bond donors (Lipinski definition) is 0. The van der Waals surface area contributed by atoms with Crippen molar-refractivity contribution < 1.29 is 4.79 Å². The zero-order valence-electron chi connectivity index (χ0n) is 10.7. The molecule has 98 valence electrons. The minimum Gasteiger partial charge on any atom is -0.339 e. The van der Waals surface area contributed by atoms with E-state index in [1.807, 2.05) is 4.90 Å². The number of carbonyl (C=O) groups excluding carboxylic acids is 1. The molecule has 0 spiro atoms. The molecule has 2 rings (SSSR count). The molecule has 0 N–H and O–H groups in total. The van der Waals surface area contributed by atoms with Crippen LogP contribution in [0.15, 0.2) is 18.3 Å². The number of hydrogen-bond acceptors (Lipinski definition) is 2. The number of amides is 1. The molecule has 0 radical (unpaired) electrons. The Kier molecular flexibility index (Phi) is 4.59. The molecule has 0 saturated carbocycles. The molecular formula is C14H19ClN2O. The normalized spacial score (nSPS) is 16.9. The SMILES string of the molecule is CCCC1CCN(C(=O)c2ccnc(Cl)c2)CC1. The van der Waals surface area contributed by atoms with Crippen molar-refractivity contribution in [3.8, 4) is 0 Å². The average molecular weight is 267 g/mol. The van der Waals surface area contributed by atoms with Gasteiger partial charge in [0.05, 0.1) is 0 Å². The molecule has 0 atom stereocenters. The molecule has 0 aromatic carbocycles. The van der Waals surface area contributed by atoms with Gasteiger partial charge in [-0.05, 0) is 30.9 Å². The van der Waals surface area contributed by atoms with E-state index in [9.17, 15) is 4.79 Å². The predicted octanol–water partition coefficient (Wildman–Crippen LogP) is 3.39. The van der Waals surface area contributed by atoms with Gasteiger partial charge in [-0.3, -0.25) is 4.79 Å². The fourth-order valence-corrected chi connectivity index (χ4v) is 2.72. The average Bonchev–Trinajstić information content (AvgIpc) is 2.39. The Morgan fingerprint density at radius 2 is 2.22 bits per heavy atom. The quantitative estimate of drug-likeness (QED) is 0.786. The zero-order chi connectivity index (χ0) is 13.0. The van der Waals surface area contributed by atoms with Gasteiger partial charge in [-0.1, -0.05) is 31.4 Å². The van der Waals surface area contributed by atoms with Crippen LogP contribution in [0.25, 0.3) is 0 Å². The fraction of sp³-hybridized carbons (Fsp3) is 0.571. The molecule has 1 saturated heterocycles. The van der Waals surface area contributed by atoms with Gasteiger partial charge in [-0.25, -0.2) is 4.98 Å². The first kappa shape index (κ1) is 13.3. The molecule has 1 fully saturated rings. The van der Waals surface area contributed by atoms with E-state index < -0.39 is 0 Å². The van der Waals surface area contributed by atoms with Crippen LogP contribution in [0.4, 0.5) is 0 Å². The second-order valence-electron chi connectivity index (χ2n) is 4.89. The first-order valence-electron chi connectivity index (χ1n) is 6.61. The van der Waals surface area contributed by atoms with Crippen molar-refractivity contribution in [2.24, 2.45) is 5.92 Å². The molecule has 0 unspecified atom stereocenters. The van der Waals surface area contributed by atoms with Crippen LogP contribution in [0.5, 0.6) is 0 Å². The number of piperidine rings is 1. The van der Waals surface area contributed by atoms with Gasteiger partial charge in [0.25, 0.3) is 5.91 Å². The van der Waals surface area contributed by atoms with Crippen LogP contribution in [-0.2, 0) is 0 Å². The van der Waals surface area contributed by atoms with Gasteiger partial charge in [0.1, 0.15) is 5.15 Å². The van der Waals surface area contributed by atoms with E-state index in [1.165, 1.54) is 12.8 Å². The lowest BCUT2D eigenvalue weighted by atomic mass is 9.92. The second-order valence-corrected chi connectivity index (χ2v) is 5.28. The lowest BCUT2D eigenvalue weighted by Crippen LogP contribution is -2.38. The molecule has 0 bridgehead atoms. The van der Waals surface area contributed by atoms with Crippen LogP contribution < -0.4 is 0 Å². The van der Waals surface area contributed by atoms with Crippen molar-refractivity contribution in [2.75, 3.05) is 13.1 Å². The van der Waals surface area contributed by atoms with Gasteiger partial charge in [-0.2, -0.15) is 0 Å². The Bertz CT molecular complexity index is 414. The Labute approximate surface area is 113 Å². The maximum atomic E-state index is 12.3. The van der Waals surface area contributed by atoms with E-state index in [2.05, 4.69) is 11.9 Å². The highest BCUT2D eigenvalue weighted by atomic mass is 35.5. The highest BCUT2D eigenvalue weighted by Crippen LogP contribution is 2.23. The maximum absolute atomic E-state index is 12.3. The minimum atomic E-state index is 0.0780. The van der Waals surface area contributed by atoms with Crippen LogP contribution in [-0.4, -0.2) is 28.9 Å². The summed E-state index contributed by atoms with van der Waals surface area (Å²) in [7, 11) is 0. The summed E-state index contributed by atoms with van der Waals surface area (Å²) in [6.07, 6.45) is 6.35. The van der Waals surface area contributed by atoms with E-state index in [-0.39, 0.29) is 5.91 Å². The van der Waals surface area contributed by atoms with E-state index in [4.69, 9.17) is 11.6 Å². The van der Waals surface area contributed by atoms with Crippen molar-refractivity contribution in [2.45, 2.75) is 32.6 Å². The lowest BCUT2D eigenvalue weighted by Gasteiger charge is -2.32. The van der Waals surface area contributed by atoms with Gasteiger partial charge < -0.3 is 4.90 Å². The number of nitrogens with zero attached hydrogens (tertiary/aromatic N) is 2. The number of aromatic nitrogens is 1. The molecule has 2 heterocycles. The van der Waals surface area contributed by atoms with Crippen molar-refractivity contribution in [1.29, 1.82) is 0 Å². The number of carbonyl (C=O) groups is 1. The molecule has 0 aliphatic carbocycles. The molecule has 4 heteroatoms. The fourth-order valence-electron chi connectivity index (χ4n) is 2.55. The Morgan fingerprint density at radius 3 is 2.83 bits per heavy atom. The van der Waals surface area contributed by atoms with E-state index in [1.54, 1.807) is 18.3 Å². The first-order valence-corrected chi connectivity index (χ1v) is 6.99. The predicted molar refractivity (Wildman–Crippen MR) is 72.8 cm³/mol. The van der Waals surface area contributed by atoms with Crippen molar-refractivity contribution in [3.05, 3.63) is 29.0 Å². The highest BCUT2D eigenvalue weighted by molar-refractivity contribution is 6.29. The number of likely N-dealkylation sites (tertiary alicyclic amines) is 1. The summed E-state index contributed by atoms with van der Waals surface area (Å²) in [6, 6.07) is 3.37. The monoisotopic (exact) mass is 266 g/mol.